The number of nitrogens with one attached hydrogen (secondary N) is 2. The van der Waals surface area contributed by atoms with Gasteiger partial charge in [0.25, 0.3) is 0 Å². The predicted octanol–water partition coefficient (Wildman–Crippen LogP) is 5.01. The molecular formula is C26H30N2O4S. The number of allylic oxidation sites excluding steroid dienone is 1. The van der Waals surface area contributed by atoms with Crippen LogP contribution >= 0.6 is 12.2 Å². The summed E-state index contributed by atoms with van der Waals surface area (Å²) >= 11 is 5.60. The van der Waals surface area contributed by atoms with E-state index >= 15 is 0 Å². The molecule has 0 radical (unpaired) electrons. The molecule has 0 spiro atoms. The fourth-order valence-corrected chi connectivity index (χ4v) is 4.84. The van der Waals surface area contributed by atoms with Gasteiger partial charge >= 0.3 is 0 Å². The SMILES string of the molecule is COc1ccc(/C=C2\CC(C)CC3=C2NC(=S)NC3c2ccc(OC)c(OC)c2)cc1OC. The summed E-state index contributed by atoms with van der Waals surface area (Å²) in [4.78, 5) is 0. The number of hydrogen-bond donors (Lipinski definition) is 2. The summed E-state index contributed by atoms with van der Waals surface area (Å²) in [5.74, 6) is 3.33. The van der Waals surface area contributed by atoms with Gasteiger partial charge in [-0.3, -0.25) is 0 Å². The topological polar surface area (TPSA) is 61.0 Å². The zero-order chi connectivity index (χ0) is 23.5. The third kappa shape index (κ3) is 4.64. The summed E-state index contributed by atoms with van der Waals surface area (Å²) in [6.07, 6.45) is 4.14. The summed E-state index contributed by atoms with van der Waals surface area (Å²) in [5.41, 5.74) is 5.76. The Morgan fingerprint density at radius 1 is 0.848 bits per heavy atom. The highest BCUT2D eigenvalue weighted by atomic mass is 32.1. The van der Waals surface area contributed by atoms with Crippen LogP contribution in [0.2, 0.25) is 0 Å². The largest absolute Gasteiger partial charge is 0.493 e. The minimum absolute atomic E-state index is 0.0369. The van der Waals surface area contributed by atoms with Crippen LogP contribution in [0.15, 0.2) is 53.2 Å². The van der Waals surface area contributed by atoms with Crippen molar-refractivity contribution in [2.75, 3.05) is 28.4 Å². The lowest BCUT2D eigenvalue weighted by Gasteiger charge is -2.38. The van der Waals surface area contributed by atoms with Crippen LogP contribution in [0.3, 0.4) is 0 Å². The molecule has 2 atom stereocenters. The van der Waals surface area contributed by atoms with E-state index in [0.29, 0.717) is 34.0 Å². The first-order valence-electron chi connectivity index (χ1n) is 10.9. The van der Waals surface area contributed by atoms with Crippen LogP contribution in [-0.4, -0.2) is 33.6 Å². The first kappa shape index (κ1) is 23.0. The molecule has 174 valence electrons. The molecule has 6 nitrogen and oxygen atoms in total. The lowest BCUT2D eigenvalue weighted by atomic mass is 9.78. The molecule has 2 aliphatic rings. The van der Waals surface area contributed by atoms with Crippen molar-refractivity contribution < 1.29 is 18.9 Å². The number of methoxy groups -OCH3 is 4. The fourth-order valence-electron chi connectivity index (χ4n) is 4.62. The van der Waals surface area contributed by atoms with Crippen molar-refractivity contribution in [2.24, 2.45) is 5.92 Å². The fraction of sp³-hybridized carbons (Fsp3) is 0.346. The van der Waals surface area contributed by atoms with Gasteiger partial charge in [-0.2, -0.15) is 0 Å². The number of rotatable bonds is 6. The molecule has 33 heavy (non-hydrogen) atoms. The van der Waals surface area contributed by atoms with Gasteiger partial charge in [0.05, 0.1) is 34.5 Å². The minimum atomic E-state index is -0.0369. The van der Waals surface area contributed by atoms with E-state index in [-0.39, 0.29) is 6.04 Å². The van der Waals surface area contributed by atoms with Crippen LogP contribution in [0, 0.1) is 5.92 Å². The first-order valence-corrected chi connectivity index (χ1v) is 11.3. The van der Waals surface area contributed by atoms with E-state index in [4.69, 9.17) is 31.2 Å². The second-order valence-electron chi connectivity index (χ2n) is 8.34. The van der Waals surface area contributed by atoms with Crippen molar-refractivity contribution in [3.8, 4) is 23.0 Å². The third-order valence-electron chi connectivity index (χ3n) is 6.13. The highest BCUT2D eigenvalue weighted by Gasteiger charge is 2.33. The summed E-state index contributed by atoms with van der Waals surface area (Å²) in [6, 6.07) is 12.0. The molecule has 0 aromatic heterocycles. The first-order chi connectivity index (χ1) is 16.0. The normalized spacial score (nSPS) is 21.1. The van der Waals surface area contributed by atoms with E-state index in [1.54, 1.807) is 28.4 Å². The average Bonchev–Trinajstić information content (AvgIpc) is 2.83. The maximum atomic E-state index is 5.60. The van der Waals surface area contributed by atoms with E-state index in [2.05, 4.69) is 29.7 Å². The van der Waals surface area contributed by atoms with Crippen LogP contribution in [0.5, 0.6) is 23.0 Å². The van der Waals surface area contributed by atoms with Gasteiger partial charge in [-0.1, -0.05) is 19.1 Å². The van der Waals surface area contributed by atoms with Crippen molar-refractivity contribution >= 4 is 23.4 Å². The van der Waals surface area contributed by atoms with E-state index < -0.39 is 0 Å². The van der Waals surface area contributed by atoms with Crippen molar-refractivity contribution in [3.05, 3.63) is 64.4 Å². The smallest absolute Gasteiger partial charge is 0.171 e. The van der Waals surface area contributed by atoms with Crippen LogP contribution in [0.25, 0.3) is 6.08 Å². The lowest BCUT2D eigenvalue weighted by Crippen LogP contribution is -2.45. The Hall–Kier alpha value is -3.19. The van der Waals surface area contributed by atoms with Gasteiger partial charge in [0.1, 0.15) is 0 Å². The zero-order valence-corrected chi connectivity index (χ0v) is 20.5. The molecule has 0 amide bonds. The van der Waals surface area contributed by atoms with Gasteiger partial charge < -0.3 is 29.6 Å². The third-order valence-corrected chi connectivity index (χ3v) is 6.35. The van der Waals surface area contributed by atoms with Gasteiger partial charge in [0.2, 0.25) is 0 Å². The Kier molecular flexibility index (Phi) is 6.79. The van der Waals surface area contributed by atoms with Crippen molar-refractivity contribution in [1.29, 1.82) is 0 Å². The molecule has 1 aliphatic carbocycles. The van der Waals surface area contributed by atoms with Gasteiger partial charge in [0.15, 0.2) is 28.1 Å². The van der Waals surface area contributed by atoms with Crippen LogP contribution in [-0.2, 0) is 0 Å². The molecule has 1 heterocycles. The molecule has 2 aromatic carbocycles. The Labute approximate surface area is 200 Å². The van der Waals surface area contributed by atoms with Crippen molar-refractivity contribution in [2.45, 2.75) is 25.8 Å². The van der Waals surface area contributed by atoms with E-state index in [1.165, 1.54) is 11.1 Å². The quantitative estimate of drug-likeness (QED) is 0.581. The molecular weight excluding hydrogens is 436 g/mol. The molecule has 2 unspecified atom stereocenters. The second-order valence-corrected chi connectivity index (χ2v) is 8.75. The van der Waals surface area contributed by atoms with Gasteiger partial charge in [-0.05, 0) is 83.6 Å². The Morgan fingerprint density at radius 3 is 2.15 bits per heavy atom. The number of benzene rings is 2. The predicted molar refractivity (Wildman–Crippen MR) is 134 cm³/mol. The summed E-state index contributed by atoms with van der Waals surface area (Å²) in [6.45, 7) is 2.28. The van der Waals surface area contributed by atoms with E-state index in [1.807, 2.05) is 30.3 Å². The summed E-state index contributed by atoms with van der Waals surface area (Å²) in [7, 11) is 6.59. The zero-order valence-electron chi connectivity index (χ0n) is 19.7. The van der Waals surface area contributed by atoms with Gasteiger partial charge in [-0.15, -0.1) is 0 Å². The molecule has 4 rings (SSSR count). The summed E-state index contributed by atoms with van der Waals surface area (Å²) in [5, 5.41) is 7.50. The molecule has 1 aliphatic heterocycles. The maximum Gasteiger partial charge on any atom is 0.171 e. The van der Waals surface area contributed by atoms with Crippen LogP contribution < -0.4 is 29.6 Å². The lowest BCUT2D eigenvalue weighted by molar-refractivity contribution is 0.354. The van der Waals surface area contributed by atoms with Crippen molar-refractivity contribution in [3.63, 3.8) is 0 Å². The van der Waals surface area contributed by atoms with E-state index in [0.717, 1.165) is 29.7 Å². The average molecular weight is 467 g/mol. The van der Waals surface area contributed by atoms with Crippen LogP contribution in [0.1, 0.15) is 36.9 Å². The molecule has 0 bridgehead atoms. The standard InChI is InChI=1S/C26H30N2O4S/c1-15-10-18(12-16-6-8-20(29-2)22(13-16)31-4)25-19(11-15)24(27-26(33)28-25)17-7-9-21(30-3)23(14-17)32-5/h6-9,12-15,24H,10-11H2,1-5H3,(H2,27,28,33)/b18-12+. The van der Waals surface area contributed by atoms with Gasteiger partial charge in [0, 0.05) is 5.70 Å². The molecule has 2 N–H and O–H groups in total. The van der Waals surface area contributed by atoms with Crippen LogP contribution in [0.4, 0.5) is 0 Å². The highest BCUT2D eigenvalue weighted by Crippen LogP contribution is 2.43. The molecule has 2 aromatic rings. The Balaban J connectivity index is 1.78. The molecule has 7 heteroatoms. The Morgan fingerprint density at radius 2 is 1.48 bits per heavy atom. The molecule has 0 saturated heterocycles. The highest BCUT2D eigenvalue weighted by molar-refractivity contribution is 7.80. The van der Waals surface area contributed by atoms with Crippen molar-refractivity contribution in [1.82, 2.24) is 10.6 Å². The molecule has 0 saturated carbocycles. The van der Waals surface area contributed by atoms with E-state index in [9.17, 15) is 0 Å². The second kappa shape index (κ2) is 9.75. The minimum Gasteiger partial charge on any atom is -0.493 e. The maximum absolute atomic E-state index is 5.60. The monoisotopic (exact) mass is 466 g/mol. The number of hydrogen-bond acceptors (Lipinski definition) is 5. The Bertz CT molecular complexity index is 1130. The number of ether oxygens (including phenoxy) is 4. The number of thiocarbonyl (C=S) groups is 1. The van der Waals surface area contributed by atoms with Gasteiger partial charge in [-0.25, -0.2) is 0 Å². The summed E-state index contributed by atoms with van der Waals surface area (Å²) < 4.78 is 21.8. The molecule has 0 fully saturated rings.